The van der Waals surface area contributed by atoms with E-state index in [1.54, 1.807) is 11.3 Å². The fraction of sp³-hybridized carbons (Fsp3) is 0.333. The highest BCUT2D eigenvalue weighted by atomic mass is 79.9. The van der Waals surface area contributed by atoms with Crippen LogP contribution in [0.3, 0.4) is 0 Å². The number of hydrogen-bond donors (Lipinski definition) is 0. The van der Waals surface area contributed by atoms with Gasteiger partial charge in [-0.2, -0.15) is 0 Å². The van der Waals surface area contributed by atoms with Gasteiger partial charge in [0.2, 0.25) is 0 Å². The number of fused-ring (bicyclic) bond motifs is 1. The Kier molecular flexibility index (Phi) is 4.16. The fourth-order valence-electron chi connectivity index (χ4n) is 2.52. The summed E-state index contributed by atoms with van der Waals surface area (Å²) in [5.41, 5.74) is 1.52. The van der Waals surface area contributed by atoms with Crippen LogP contribution in [0, 0.1) is 11.6 Å². The number of rotatable bonds is 2. The Morgan fingerprint density at radius 3 is 2.60 bits per heavy atom. The van der Waals surface area contributed by atoms with Crippen molar-refractivity contribution in [2.45, 2.75) is 31.1 Å². The van der Waals surface area contributed by atoms with Gasteiger partial charge >= 0.3 is 0 Å². The molecule has 0 nitrogen and oxygen atoms in total. The lowest BCUT2D eigenvalue weighted by molar-refractivity contribution is 0.582. The van der Waals surface area contributed by atoms with E-state index in [1.165, 1.54) is 29.3 Å². The molecule has 2 aromatic rings. The third-order valence-electron chi connectivity index (χ3n) is 3.58. The number of aryl methyl sites for hydroxylation is 2. The number of halogens is 4. The molecule has 0 radical (unpaired) electrons. The predicted molar refractivity (Wildman–Crippen MR) is 82.7 cm³/mol. The van der Waals surface area contributed by atoms with Crippen LogP contribution in [0.4, 0.5) is 8.78 Å². The smallest absolute Gasteiger partial charge is 0.137 e. The number of hydrogen-bond acceptors (Lipinski definition) is 1. The molecule has 1 heterocycles. The van der Waals surface area contributed by atoms with Crippen molar-refractivity contribution >= 4 is 38.9 Å². The van der Waals surface area contributed by atoms with Gasteiger partial charge < -0.3 is 0 Å². The summed E-state index contributed by atoms with van der Waals surface area (Å²) in [5.74, 6) is -0.974. The number of alkyl halides is 1. The molecule has 0 spiro atoms. The highest BCUT2D eigenvalue weighted by molar-refractivity contribution is 9.10. The summed E-state index contributed by atoms with van der Waals surface area (Å²) < 4.78 is 27.7. The molecule has 0 saturated heterocycles. The summed E-state index contributed by atoms with van der Waals surface area (Å²) >= 11 is 11.0. The molecule has 1 unspecified atom stereocenters. The summed E-state index contributed by atoms with van der Waals surface area (Å²) in [5, 5.41) is -0.631. The first-order valence-electron chi connectivity index (χ1n) is 6.46. The summed E-state index contributed by atoms with van der Waals surface area (Å²) in [6.45, 7) is 0. The zero-order valence-electron chi connectivity index (χ0n) is 10.6. The van der Waals surface area contributed by atoms with E-state index >= 15 is 0 Å². The fourth-order valence-corrected chi connectivity index (χ4v) is 4.46. The number of benzene rings is 1. The van der Waals surface area contributed by atoms with Crippen LogP contribution in [0.1, 0.15) is 39.1 Å². The predicted octanol–water partition coefficient (Wildman–Crippen LogP) is 6.00. The maximum absolute atomic E-state index is 14.0. The molecule has 1 aromatic carbocycles. The van der Waals surface area contributed by atoms with E-state index in [4.69, 9.17) is 11.6 Å². The molecule has 0 aliphatic heterocycles. The van der Waals surface area contributed by atoms with E-state index < -0.39 is 17.0 Å². The van der Waals surface area contributed by atoms with Gasteiger partial charge in [-0.05, 0) is 65.4 Å². The highest BCUT2D eigenvalue weighted by Crippen LogP contribution is 2.40. The molecule has 106 valence electrons. The maximum Gasteiger partial charge on any atom is 0.137 e. The normalized spacial score (nSPS) is 16.0. The molecule has 5 heteroatoms. The quantitative estimate of drug-likeness (QED) is 0.445. The largest absolute Gasteiger partial charge is 0.207 e. The zero-order chi connectivity index (χ0) is 14.3. The van der Waals surface area contributed by atoms with Crippen LogP contribution in [0.5, 0.6) is 0 Å². The second-order valence-corrected chi connectivity index (χ2v) is 7.41. The van der Waals surface area contributed by atoms with Crippen molar-refractivity contribution < 1.29 is 8.78 Å². The minimum absolute atomic E-state index is 0.119. The van der Waals surface area contributed by atoms with Crippen LogP contribution >= 0.6 is 38.9 Å². The van der Waals surface area contributed by atoms with Crippen LogP contribution in [-0.2, 0) is 12.8 Å². The number of thiophene rings is 1. The molecule has 1 aliphatic carbocycles. The van der Waals surface area contributed by atoms with E-state index in [-0.39, 0.29) is 10.0 Å². The standard InChI is InChI=1S/C15H12BrClF2S/c16-10-7-11(18)9(6-12(10)19)15(17)14-5-8-3-1-2-4-13(8)20-14/h5-7,15H,1-4H2. The van der Waals surface area contributed by atoms with Gasteiger partial charge in [-0.1, -0.05) is 0 Å². The SMILES string of the molecule is Fc1cc(C(Cl)c2cc3c(s2)CCCC3)c(F)cc1Br. The van der Waals surface area contributed by atoms with Gasteiger partial charge in [0.05, 0.1) is 9.85 Å². The molecule has 1 atom stereocenters. The van der Waals surface area contributed by atoms with Crippen LogP contribution in [0.2, 0.25) is 0 Å². The molecule has 3 rings (SSSR count). The van der Waals surface area contributed by atoms with Crippen molar-refractivity contribution in [2.24, 2.45) is 0 Å². The van der Waals surface area contributed by atoms with E-state index in [2.05, 4.69) is 22.0 Å². The minimum Gasteiger partial charge on any atom is -0.207 e. The molecule has 1 aromatic heterocycles. The second kappa shape index (κ2) is 5.74. The average Bonchev–Trinajstić information content (AvgIpc) is 2.86. The Hall–Kier alpha value is -0.450. The topological polar surface area (TPSA) is 0 Å². The Labute approximate surface area is 133 Å². The first-order chi connectivity index (χ1) is 9.56. The molecule has 20 heavy (non-hydrogen) atoms. The van der Waals surface area contributed by atoms with Crippen molar-refractivity contribution in [3.05, 3.63) is 55.2 Å². The molecular weight excluding hydrogens is 366 g/mol. The Morgan fingerprint density at radius 1 is 1.10 bits per heavy atom. The Morgan fingerprint density at radius 2 is 1.85 bits per heavy atom. The molecule has 0 N–H and O–H groups in total. The van der Waals surface area contributed by atoms with Gasteiger partial charge in [-0.3, -0.25) is 0 Å². The summed E-state index contributed by atoms with van der Waals surface area (Å²) in [6, 6.07) is 4.36. The van der Waals surface area contributed by atoms with Gasteiger partial charge in [0.25, 0.3) is 0 Å². The summed E-state index contributed by atoms with van der Waals surface area (Å²) in [6.07, 6.45) is 4.52. The van der Waals surface area contributed by atoms with Crippen LogP contribution in [-0.4, -0.2) is 0 Å². The van der Waals surface area contributed by atoms with Gasteiger partial charge in [0, 0.05) is 15.3 Å². The van der Waals surface area contributed by atoms with Crippen molar-refractivity contribution in [3.8, 4) is 0 Å². The van der Waals surface area contributed by atoms with Crippen molar-refractivity contribution in [1.29, 1.82) is 0 Å². The van der Waals surface area contributed by atoms with Crippen molar-refractivity contribution in [1.82, 2.24) is 0 Å². The van der Waals surface area contributed by atoms with Crippen LogP contribution in [0.25, 0.3) is 0 Å². The highest BCUT2D eigenvalue weighted by Gasteiger charge is 2.22. The van der Waals surface area contributed by atoms with Gasteiger partial charge in [-0.25, -0.2) is 8.78 Å². The van der Waals surface area contributed by atoms with Crippen LogP contribution in [0.15, 0.2) is 22.7 Å². The lowest BCUT2D eigenvalue weighted by atomic mass is 9.98. The third-order valence-corrected chi connectivity index (χ3v) is 6.09. The zero-order valence-corrected chi connectivity index (χ0v) is 13.7. The second-order valence-electron chi connectivity index (χ2n) is 4.95. The lowest BCUT2D eigenvalue weighted by Crippen LogP contribution is -1.97. The Bertz CT molecular complexity index is 630. The first kappa shape index (κ1) is 14.5. The monoisotopic (exact) mass is 376 g/mol. The molecule has 0 bridgehead atoms. The summed E-state index contributed by atoms with van der Waals surface area (Å²) in [4.78, 5) is 2.24. The Balaban J connectivity index is 1.98. The average molecular weight is 378 g/mol. The molecule has 1 aliphatic rings. The van der Waals surface area contributed by atoms with E-state index in [9.17, 15) is 8.78 Å². The van der Waals surface area contributed by atoms with Crippen molar-refractivity contribution in [3.63, 3.8) is 0 Å². The maximum atomic E-state index is 14.0. The minimum atomic E-state index is -0.631. The van der Waals surface area contributed by atoms with Crippen LogP contribution < -0.4 is 0 Å². The lowest BCUT2D eigenvalue weighted by Gasteiger charge is -2.10. The van der Waals surface area contributed by atoms with Gasteiger partial charge in [-0.15, -0.1) is 22.9 Å². The molecule has 0 saturated carbocycles. The molecule has 0 amide bonds. The summed E-state index contributed by atoms with van der Waals surface area (Å²) in [7, 11) is 0. The van der Waals surface area contributed by atoms with E-state index in [0.717, 1.165) is 23.8 Å². The van der Waals surface area contributed by atoms with E-state index in [0.29, 0.717) is 0 Å². The van der Waals surface area contributed by atoms with Crippen molar-refractivity contribution in [2.75, 3.05) is 0 Å². The van der Waals surface area contributed by atoms with Gasteiger partial charge in [0.1, 0.15) is 11.6 Å². The third kappa shape index (κ3) is 2.66. The first-order valence-corrected chi connectivity index (χ1v) is 8.51. The molecular formula is C15H12BrClF2S. The van der Waals surface area contributed by atoms with E-state index in [1.807, 2.05) is 0 Å². The molecule has 0 fully saturated rings. The van der Waals surface area contributed by atoms with Gasteiger partial charge in [0.15, 0.2) is 0 Å².